The summed E-state index contributed by atoms with van der Waals surface area (Å²) in [5.74, 6) is -0.782. The second-order valence-electron chi connectivity index (χ2n) is 6.85. The van der Waals surface area contributed by atoms with E-state index in [0.29, 0.717) is 12.0 Å². The lowest BCUT2D eigenvalue weighted by atomic mass is 10.1. The predicted molar refractivity (Wildman–Crippen MR) is 105 cm³/mol. The number of aliphatic hydroxyl groups is 3. The van der Waals surface area contributed by atoms with E-state index in [1.165, 1.54) is 25.5 Å². The lowest BCUT2D eigenvalue weighted by Crippen LogP contribution is -2.34. The lowest BCUT2D eigenvalue weighted by Gasteiger charge is -2.14. The van der Waals surface area contributed by atoms with Crippen LogP contribution in [0.25, 0.3) is 0 Å². The van der Waals surface area contributed by atoms with Crippen molar-refractivity contribution in [3.05, 3.63) is 30.1 Å². The van der Waals surface area contributed by atoms with Crippen molar-refractivity contribution in [2.45, 2.75) is 76.5 Å². The van der Waals surface area contributed by atoms with E-state index in [1.807, 2.05) is 0 Å². The lowest BCUT2D eigenvalue weighted by molar-refractivity contribution is -0.157. The largest absolute Gasteiger partial charge is 0.463 e. The number of aromatic nitrogens is 1. The van der Waals surface area contributed by atoms with Crippen molar-refractivity contribution in [3.8, 4) is 0 Å². The van der Waals surface area contributed by atoms with Crippen LogP contribution in [0.1, 0.15) is 62.2 Å². The highest BCUT2D eigenvalue weighted by Crippen LogP contribution is 2.20. The van der Waals surface area contributed by atoms with Gasteiger partial charge in [-0.1, -0.05) is 39.0 Å². The molecule has 1 unspecified atom stereocenters. The maximum Gasteiger partial charge on any atom is 0.305 e. The summed E-state index contributed by atoms with van der Waals surface area (Å²) in [5.41, 5.74) is 5.38. The van der Waals surface area contributed by atoms with Gasteiger partial charge in [-0.3, -0.25) is 14.6 Å². The molecule has 0 aromatic carbocycles. The van der Waals surface area contributed by atoms with Gasteiger partial charge in [-0.25, -0.2) is 0 Å². The van der Waals surface area contributed by atoms with E-state index in [1.54, 1.807) is 18.3 Å². The van der Waals surface area contributed by atoms with E-state index < -0.39 is 30.5 Å². The van der Waals surface area contributed by atoms with Crippen molar-refractivity contribution >= 4 is 11.9 Å². The molecule has 1 aliphatic heterocycles. The molecule has 1 aliphatic rings. The molecule has 4 atom stereocenters. The topological polar surface area (TPSA) is 152 Å². The summed E-state index contributed by atoms with van der Waals surface area (Å²) < 4.78 is 9.86. The van der Waals surface area contributed by atoms with E-state index >= 15 is 0 Å². The zero-order valence-electron chi connectivity index (χ0n) is 16.8. The summed E-state index contributed by atoms with van der Waals surface area (Å²) in [5, 5.41) is 28.0. The molecule has 1 aromatic heterocycles. The van der Waals surface area contributed by atoms with Gasteiger partial charge in [0.1, 0.15) is 24.9 Å². The van der Waals surface area contributed by atoms with Crippen molar-refractivity contribution in [3.63, 3.8) is 0 Å². The standard InChI is InChI=1S/C14H26O6.C6H6N2O/c1-2-3-4-5-6-7-8-11(15)19-9-10-12(16)13(17)14(18)20-10;7-6(9)5-2-1-3-8-4-5/h10,12-14,16-18H,2-9H2,1H3;1-4H,(H2,7,9)/t10-,12-,13-,14?;/m1./s1. The van der Waals surface area contributed by atoms with Gasteiger partial charge >= 0.3 is 5.97 Å². The van der Waals surface area contributed by atoms with Gasteiger partial charge in [0, 0.05) is 18.8 Å². The molecule has 2 rings (SSSR count). The third-order valence-corrected chi connectivity index (χ3v) is 4.43. The molecule has 1 saturated heterocycles. The van der Waals surface area contributed by atoms with Crippen LogP contribution in [0, 0.1) is 0 Å². The predicted octanol–water partition coefficient (Wildman–Crippen LogP) is 0.900. The highest BCUT2D eigenvalue weighted by atomic mass is 16.7. The molecule has 0 saturated carbocycles. The minimum Gasteiger partial charge on any atom is -0.463 e. The smallest absolute Gasteiger partial charge is 0.305 e. The molecule has 0 aliphatic carbocycles. The first-order valence-electron chi connectivity index (χ1n) is 9.92. The number of esters is 1. The average Bonchev–Trinajstić information content (AvgIpc) is 2.97. The van der Waals surface area contributed by atoms with Gasteiger partial charge in [-0.15, -0.1) is 0 Å². The number of aliphatic hydroxyl groups excluding tert-OH is 3. The Morgan fingerprint density at radius 1 is 1.14 bits per heavy atom. The SMILES string of the molecule is CCCCCCCCC(=O)OC[C@H]1OC(O)[C@H](O)[C@@H]1O.NC(=O)c1cccnc1. The molecule has 9 nitrogen and oxygen atoms in total. The highest BCUT2D eigenvalue weighted by Gasteiger charge is 2.42. The number of pyridine rings is 1. The summed E-state index contributed by atoms with van der Waals surface area (Å²) in [6.45, 7) is 2.01. The van der Waals surface area contributed by atoms with E-state index in [2.05, 4.69) is 11.9 Å². The monoisotopic (exact) mass is 412 g/mol. The number of hydrogen-bond donors (Lipinski definition) is 4. The number of amides is 1. The van der Waals surface area contributed by atoms with Crippen LogP contribution in [0.15, 0.2) is 24.5 Å². The van der Waals surface area contributed by atoms with Crippen molar-refractivity contribution in [1.82, 2.24) is 4.98 Å². The summed E-state index contributed by atoms with van der Waals surface area (Å²) in [4.78, 5) is 25.6. The highest BCUT2D eigenvalue weighted by molar-refractivity contribution is 5.92. The molecule has 29 heavy (non-hydrogen) atoms. The van der Waals surface area contributed by atoms with Gasteiger partial charge in [-0.2, -0.15) is 0 Å². The summed E-state index contributed by atoms with van der Waals surface area (Å²) in [6, 6.07) is 3.29. The van der Waals surface area contributed by atoms with Crippen LogP contribution in [0.3, 0.4) is 0 Å². The number of rotatable bonds is 10. The third kappa shape index (κ3) is 9.80. The number of nitrogens with zero attached hydrogens (tertiary/aromatic N) is 1. The zero-order valence-corrected chi connectivity index (χ0v) is 16.8. The third-order valence-electron chi connectivity index (χ3n) is 4.43. The number of carbonyl (C=O) groups excluding carboxylic acids is 2. The molecule has 1 fully saturated rings. The number of unbranched alkanes of at least 4 members (excludes halogenated alkanes) is 5. The Kier molecular flexibility index (Phi) is 12.1. The minimum absolute atomic E-state index is 0.149. The van der Waals surface area contributed by atoms with Crippen LogP contribution in [0.2, 0.25) is 0 Å². The Balaban J connectivity index is 0.000000387. The quantitative estimate of drug-likeness (QED) is 0.327. The minimum atomic E-state index is -1.42. The molecular formula is C20H32N2O7. The molecule has 0 spiro atoms. The molecule has 164 valence electrons. The maximum atomic E-state index is 11.5. The van der Waals surface area contributed by atoms with Gasteiger partial charge in [0.15, 0.2) is 6.29 Å². The van der Waals surface area contributed by atoms with Crippen LogP contribution >= 0.6 is 0 Å². The fourth-order valence-corrected chi connectivity index (χ4v) is 2.67. The maximum absolute atomic E-state index is 11.5. The first-order chi connectivity index (χ1) is 13.9. The fourth-order valence-electron chi connectivity index (χ4n) is 2.67. The van der Waals surface area contributed by atoms with Gasteiger partial charge in [-0.05, 0) is 18.6 Å². The van der Waals surface area contributed by atoms with E-state index in [4.69, 9.17) is 15.2 Å². The van der Waals surface area contributed by atoms with E-state index in [-0.39, 0.29) is 12.6 Å². The van der Waals surface area contributed by atoms with E-state index in [9.17, 15) is 24.9 Å². The molecule has 1 amide bonds. The van der Waals surface area contributed by atoms with Crippen LogP contribution in [-0.4, -0.2) is 63.4 Å². The molecule has 0 radical (unpaired) electrons. The van der Waals surface area contributed by atoms with Crippen molar-refractivity contribution in [2.24, 2.45) is 5.73 Å². The fraction of sp³-hybridized carbons (Fsp3) is 0.650. The van der Waals surface area contributed by atoms with Gasteiger partial charge in [0.25, 0.3) is 0 Å². The number of nitrogens with two attached hydrogens (primary N) is 1. The van der Waals surface area contributed by atoms with Crippen LogP contribution in [0.5, 0.6) is 0 Å². The molecule has 0 bridgehead atoms. The summed E-state index contributed by atoms with van der Waals surface area (Å²) in [6.07, 6.45) is 5.05. The Morgan fingerprint density at radius 3 is 2.34 bits per heavy atom. The van der Waals surface area contributed by atoms with Crippen LogP contribution in [-0.2, 0) is 14.3 Å². The Hall–Kier alpha value is -2.07. The second kappa shape index (κ2) is 14.0. The Morgan fingerprint density at radius 2 is 1.83 bits per heavy atom. The molecule has 1 aromatic rings. The zero-order chi connectivity index (χ0) is 21.6. The number of carbonyl (C=O) groups is 2. The summed E-state index contributed by atoms with van der Waals surface area (Å²) >= 11 is 0. The van der Waals surface area contributed by atoms with Crippen LogP contribution < -0.4 is 5.73 Å². The number of primary amides is 1. The van der Waals surface area contributed by atoms with Crippen LogP contribution in [0.4, 0.5) is 0 Å². The normalized spacial score (nSPS) is 23.2. The van der Waals surface area contributed by atoms with Crippen molar-refractivity contribution in [1.29, 1.82) is 0 Å². The first-order valence-corrected chi connectivity index (χ1v) is 9.92. The van der Waals surface area contributed by atoms with Crippen molar-refractivity contribution in [2.75, 3.05) is 6.61 Å². The van der Waals surface area contributed by atoms with Gasteiger partial charge < -0.3 is 30.5 Å². The molecule has 5 N–H and O–H groups in total. The number of hydrogen-bond acceptors (Lipinski definition) is 8. The molecule has 9 heteroatoms. The van der Waals surface area contributed by atoms with Crippen molar-refractivity contribution < 1.29 is 34.4 Å². The van der Waals surface area contributed by atoms with E-state index in [0.717, 1.165) is 19.3 Å². The first kappa shape index (κ1) is 25.0. The van der Waals surface area contributed by atoms with Gasteiger partial charge in [0.05, 0.1) is 5.56 Å². The van der Waals surface area contributed by atoms with Gasteiger partial charge in [0.2, 0.25) is 5.91 Å². The number of ether oxygens (including phenoxy) is 2. The summed E-state index contributed by atoms with van der Waals surface area (Å²) in [7, 11) is 0. The average molecular weight is 412 g/mol. The Labute approximate surface area is 170 Å². The molecule has 2 heterocycles. The molecular weight excluding hydrogens is 380 g/mol. The second-order valence-corrected chi connectivity index (χ2v) is 6.85. The Bertz CT molecular complexity index is 600.